The van der Waals surface area contributed by atoms with Crippen molar-refractivity contribution in [1.29, 1.82) is 0 Å². The molecule has 33 heavy (non-hydrogen) atoms. The summed E-state index contributed by atoms with van der Waals surface area (Å²) >= 11 is 0. The van der Waals surface area contributed by atoms with Gasteiger partial charge in [-0.15, -0.1) is 0 Å². The number of benzene rings is 1. The zero-order valence-electron chi connectivity index (χ0n) is 18.8. The molecule has 5 rings (SSSR count). The second-order valence-electron chi connectivity index (χ2n) is 8.68. The van der Waals surface area contributed by atoms with Gasteiger partial charge in [0.2, 0.25) is 5.95 Å². The molecule has 2 aliphatic rings. The number of aliphatic carboxylic acids is 1. The van der Waals surface area contributed by atoms with Gasteiger partial charge in [-0.2, -0.15) is 4.98 Å². The number of rotatable bonds is 6. The molecule has 0 spiro atoms. The summed E-state index contributed by atoms with van der Waals surface area (Å²) in [6, 6.07) is 9.50. The van der Waals surface area contributed by atoms with Crippen molar-refractivity contribution in [2.45, 2.75) is 38.5 Å². The van der Waals surface area contributed by atoms with E-state index in [-0.39, 0.29) is 0 Å². The summed E-state index contributed by atoms with van der Waals surface area (Å²) in [6.07, 6.45) is 2.31. The number of ether oxygens (including phenoxy) is 1. The maximum atomic E-state index is 11.8. The normalized spacial score (nSPS) is 17.5. The van der Waals surface area contributed by atoms with Crippen LogP contribution < -0.4 is 10.2 Å². The molecule has 0 atom stereocenters. The highest BCUT2D eigenvalue weighted by Gasteiger charge is 2.45. The van der Waals surface area contributed by atoms with Gasteiger partial charge in [0.05, 0.1) is 35.6 Å². The third-order valence-electron chi connectivity index (χ3n) is 6.65. The smallest absolute Gasteiger partial charge is 0.314 e. The fourth-order valence-corrected chi connectivity index (χ4v) is 4.58. The fourth-order valence-electron chi connectivity index (χ4n) is 4.58. The van der Waals surface area contributed by atoms with E-state index in [4.69, 9.17) is 19.2 Å². The number of aryl methyl sites for hydroxylation is 2. The minimum Gasteiger partial charge on any atom is -0.481 e. The highest BCUT2D eigenvalue weighted by molar-refractivity contribution is 5.83. The van der Waals surface area contributed by atoms with Crippen LogP contribution in [0.2, 0.25) is 0 Å². The Balaban J connectivity index is 1.47. The molecule has 3 heterocycles. The Labute approximate surface area is 191 Å². The Hall–Kier alpha value is -3.46. The van der Waals surface area contributed by atoms with Crippen LogP contribution in [0.5, 0.6) is 0 Å². The molecule has 0 bridgehead atoms. The van der Waals surface area contributed by atoms with E-state index < -0.39 is 11.4 Å². The predicted molar refractivity (Wildman–Crippen MR) is 123 cm³/mol. The number of carbonyl (C=O) groups is 1. The van der Waals surface area contributed by atoms with E-state index in [2.05, 4.69) is 15.4 Å². The number of carboxylic acid groups (broad SMARTS) is 1. The number of anilines is 3. The van der Waals surface area contributed by atoms with Crippen molar-refractivity contribution in [3.8, 4) is 11.3 Å². The summed E-state index contributed by atoms with van der Waals surface area (Å²) < 4.78 is 10.9. The van der Waals surface area contributed by atoms with E-state index >= 15 is 0 Å². The minimum absolute atomic E-state index is 0.457. The SMILES string of the molecule is Cc1noc(C)c1-c1cc(N2CCOCC2)nc(Nc2ccc(C3(C(=O)O)CCC3)cc2)n1. The standard InChI is InChI=1S/C24H27N5O4/c1-15-21(16(2)33-28-15)19-14-20(29-10-12-32-13-11-29)27-23(26-19)25-18-6-4-17(5-7-18)24(22(30)31)8-3-9-24/h4-7,14H,3,8-13H2,1-2H3,(H,30,31)(H,25,26,27). The second-order valence-corrected chi connectivity index (χ2v) is 8.68. The lowest BCUT2D eigenvalue weighted by molar-refractivity contribution is -0.147. The van der Waals surface area contributed by atoms with Gasteiger partial charge in [-0.05, 0) is 44.4 Å². The van der Waals surface area contributed by atoms with Gasteiger partial charge >= 0.3 is 5.97 Å². The minimum atomic E-state index is -0.750. The molecule has 9 nitrogen and oxygen atoms in total. The van der Waals surface area contributed by atoms with Crippen LogP contribution in [0.3, 0.4) is 0 Å². The first kappa shape index (κ1) is 21.4. The summed E-state index contributed by atoms with van der Waals surface area (Å²) in [7, 11) is 0. The molecule has 2 aromatic heterocycles. The van der Waals surface area contributed by atoms with Gasteiger partial charge in [-0.25, -0.2) is 4.98 Å². The lowest BCUT2D eigenvalue weighted by Gasteiger charge is -2.38. The van der Waals surface area contributed by atoms with E-state index in [1.54, 1.807) is 0 Å². The van der Waals surface area contributed by atoms with Crippen molar-refractivity contribution >= 4 is 23.4 Å². The summed E-state index contributed by atoms with van der Waals surface area (Å²) in [5.41, 5.74) is 3.25. The summed E-state index contributed by atoms with van der Waals surface area (Å²) in [4.78, 5) is 23.5. The zero-order chi connectivity index (χ0) is 23.0. The molecule has 1 aliphatic carbocycles. The first-order valence-electron chi connectivity index (χ1n) is 11.2. The monoisotopic (exact) mass is 449 g/mol. The second kappa shape index (κ2) is 8.47. The number of nitrogens with one attached hydrogen (secondary N) is 1. The lowest BCUT2D eigenvalue weighted by Crippen LogP contribution is -2.42. The zero-order valence-corrected chi connectivity index (χ0v) is 18.8. The van der Waals surface area contributed by atoms with Crippen molar-refractivity contribution < 1.29 is 19.2 Å². The van der Waals surface area contributed by atoms with E-state index in [9.17, 15) is 9.90 Å². The molecule has 9 heteroatoms. The van der Waals surface area contributed by atoms with Crippen molar-refractivity contribution in [1.82, 2.24) is 15.1 Å². The van der Waals surface area contributed by atoms with E-state index in [0.717, 1.165) is 53.5 Å². The number of hydrogen-bond acceptors (Lipinski definition) is 8. The highest BCUT2D eigenvalue weighted by Crippen LogP contribution is 2.44. The molecular formula is C24H27N5O4. The van der Waals surface area contributed by atoms with Crippen LogP contribution in [0.25, 0.3) is 11.3 Å². The van der Waals surface area contributed by atoms with Gasteiger partial charge in [-0.3, -0.25) is 4.79 Å². The topological polar surface area (TPSA) is 114 Å². The Morgan fingerprint density at radius 3 is 2.42 bits per heavy atom. The molecular weight excluding hydrogens is 422 g/mol. The number of nitrogens with zero attached hydrogens (tertiary/aromatic N) is 4. The first-order valence-corrected chi connectivity index (χ1v) is 11.2. The predicted octanol–water partition coefficient (Wildman–Crippen LogP) is 3.83. The summed E-state index contributed by atoms with van der Waals surface area (Å²) in [5, 5.41) is 17.1. The van der Waals surface area contributed by atoms with Crippen molar-refractivity contribution in [3.05, 3.63) is 47.3 Å². The molecule has 1 saturated carbocycles. The Kier molecular flexibility index (Phi) is 5.49. The molecule has 2 fully saturated rings. The van der Waals surface area contributed by atoms with E-state index in [1.165, 1.54) is 0 Å². The summed E-state index contributed by atoms with van der Waals surface area (Å²) in [6.45, 7) is 6.58. The molecule has 0 unspecified atom stereocenters. The van der Waals surface area contributed by atoms with E-state index in [0.29, 0.717) is 37.8 Å². The highest BCUT2D eigenvalue weighted by atomic mass is 16.5. The van der Waals surface area contributed by atoms with Crippen molar-refractivity contribution in [3.63, 3.8) is 0 Å². The van der Waals surface area contributed by atoms with Crippen LogP contribution in [0.15, 0.2) is 34.9 Å². The molecule has 1 saturated heterocycles. The molecule has 1 aliphatic heterocycles. The quantitative estimate of drug-likeness (QED) is 0.579. The number of morpholine rings is 1. The average Bonchev–Trinajstić information content (AvgIpc) is 3.12. The average molecular weight is 450 g/mol. The van der Waals surface area contributed by atoms with Gasteiger partial charge in [0.15, 0.2) is 0 Å². The molecule has 0 amide bonds. The Bertz CT molecular complexity index is 1140. The van der Waals surface area contributed by atoms with Gasteiger partial charge in [0.25, 0.3) is 0 Å². The maximum Gasteiger partial charge on any atom is 0.314 e. The van der Waals surface area contributed by atoms with Crippen molar-refractivity contribution in [2.75, 3.05) is 36.5 Å². The van der Waals surface area contributed by atoms with Crippen LogP contribution in [0.1, 0.15) is 36.3 Å². The Morgan fingerprint density at radius 2 is 1.85 bits per heavy atom. The number of hydrogen-bond donors (Lipinski definition) is 2. The molecule has 172 valence electrons. The lowest BCUT2D eigenvalue weighted by atomic mass is 9.64. The molecule has 2 N–H and O–H groups in total. The molecule has 0 radical (unpaired) electrons. The van der Waals surface area contributed by atoms with Gasteiger partial charge < -0.3 is 24.6 Å². The first-order chi connectivity index (χ1) is 16.0. The molecule has 3 aromatic rings. The maximum absolute atomic E-state index is 11.8. The number of carboxylic acids is 1. The van der Waals surface area contributed by atoms with Gasteiger partial charge in [0.1, 0.15) is 11.6 Å². The van der Waals surface area contributed by atoms with Crippen LogP contribution in [-0.4, -0.2) is 52.5 Å². The molecule has 1 aromatic carbocycles. The third-order valence-corrected chi connectivity index (χ3v) is 6.65. The fraction of sp³-hybridized carbons (Fsp3) is 0.417. The van der Waals surface area contributed by atoms with Crippen LogP contribution in [0, 0.1) is 13.8 Å². The van der Waals surface area contributed by atoms with Gasteiger partial charge in [-0.1, -0.05) is 23.7 Å². The van der Waals surface area contributed by atoms with Gasteiger partial charge in [0, 0.05) is 24.8 Å². The van der Waals surface area contributed by atoms with Crippen LogP contribution in [0.4, 0.5) is 17.5 Å². The largest absolute Gasteiger partial charge is 0.481 e. The van der Waals surface area contributed by atoms with E-state index in [1.807, 2.05) is 44.2 Å². The van der Waals surface area contributed by atoms with Crippen LogP contribution >= 0.6 is 0 Å². The Morgan fingerprint density at radius 1 is 1.12 bits per heavy atom. The summed E-state index contributed by atoms with van der Waals surface area (Å²) in [5.74, 6) is 1.22. The third kappa shape index (κ3) is 3.93. The number of aromatic nitrogens is 3. The van der Waals surface area contributed by atoms with Crippen molar-refractivity contribution in [2.24, 2.45) is 0 Å². The van der Waals surface area contributed by atoms with Crippen LogP contribution in [-0.2, 0) is 14.9 Å².